The summed E-state index contributed by atoms with van der Waals surface area (Å²) >= 11 is 3.79. The summed E-state index contributed by atoms with van der Waals surface area (Å²) in [6.07, 6.45) is 3.72. The van der Waals surface area contributed by atoms with Crippen molar-refractivity contribution in [3.63, 3.8) is 0 Å². The number of rotatable bonds is 5. The van der Waals surface area contributed by atoms with Gasteiger partial charge in [0.05, 0.1) is 0 Å². The zero-order valence-electron chi connectivity index (χ0n) is 10.9. The average molecular weight is 283 g/mol. The highest BCUT2D eigenvalue weighted by Crippen LogP contribution is 2.19. The SMILES string of the molecule is Cc1ccc(CC(Br)CCC(C)C)cc1C. The zero-order chi connectivity index (χ0) is 12.1. The summed E-state index contributed by atoms with van der Waals surface area (Å²) in [7, 11) is 0. The minimum absolute atomic E-state index is 0.622. The summed E-state index contributed by atoms with van der Waals surface area (Å²) in [5.74, 6) is 0.805. The van der Waals surface area contributed by atoms with Crippen molar-refractivity contribution >= 4 is 15.9 Å². The Kier molecular flexibility index (Phi) is 5.54. The highest BCUT2D eigenvalue weighted by molar-refractivity contribution is 9.09. The predicted octanol–water partition coefficient (Wildman–Crippen LogP) is 5.05. The molecule has 0 N–H and O–H groups in total. The van der Waals surface area contributed by atoms with E-state index in [1.807, 2.05) is 0 Å². The standard InChI is InChI=1S/C15H23Br/c1-11(2)5-8-15(16)10-14-7-6-12(3)13(4)9-14/h6-7,9,11,15H,5,8,10H2,1-4H3. The van der Waals surface area contributed by atoms with E-state index in [2.05, 4.69) is 61.8 Å². The molecule has 0 saturated carbocycles. The van der Waals surface area contributed by atoms with Crippen molar-refractivity contribution in [2.45, 2.75) is 51.8 Å². The highest BCUT2D eigenvalue weighted by Gasteiger charge is 2.07. The van der Waals surface area contributed by atoms with Crippen LogP contribution in [0.1, 0.15) is 43.4 Å². The Morgan fingerprint density at radius 1 is 1.06 bits per heavy atom. The number of alkyl halides is 1. The zero-order valence-corrected chi connectivity index (χ0v) is 12.5. The Morgan fingerprint density at radius 3 is 2.31 bits per heavy atom. The van der Waals surface area contributed by atoms with E-state index in [9.17, 15) is 0 Å². The number of benzene rings is 1. The van der Waals surface area contributed by atoms with Gasteiger partial charge in [-0.05, 0) is 55.7 Å². The van der Waals surface area contributed by atoms with Gasteiger partial charge in [0, 0.05) is 4.83 Å². The number of hydrogen-bond acceptors (Lipinski definition) is 0. The van der Waals surface area contributed by atoms with Crippen LogP contribution >= 0.6 is 15.9 Å². The maximum Gasteiger partial charge on any atom is 0.0186 e. The van der Waals surface area contributed by atoms with Crippen molar-refractivity contribution in [1.82, 2.24) is 0 Å². The third kappa shape index (κ3) is 4.69. The first-order valence-corrected chi connectivity index (χ1v) is 7.10. The molecule has 1 unspecified atom stereocenters. The van der Waals surface area contributed by atoms with Gasteiger partial charge in [-0.2, -0.15) is 0 Å². The van der Waals surface area contributed by atoms with E-state index in [4.69, 9.17) is 0 Å². The molecule has 1 heteroatoms. The molecule has 0 aliphatic carbocycles. The van der Waals surface area contributed by atoms with Crippen LogP contribution in [0.15, 0.2) is 18.2 Å². The van der Waals surface area contributed by atoms with Crippen molar-refractivity contribution in [2.24, 2.45) is 5.92 Å². The maximum atomic E-state index is 3.79. The summed E-state index contributed by atoms with van der Waals surface area (Å²) in [5.41, 5.74) is 4.24. The van der Waals surface area contributed by atoms with Gasteiger partial charge in [-0.3, -0.25) is 0 Å². The Balaban J connectivity index is 2.49. The third-order valence-electron chi connectivity index (χ3n) is 3.09. The van der Waals surface area contributed by atoms with Gasteiger partial charge in [0.1, 0.15) is 0 Å². The predicted molar refractivity (Wildman–Crippen MR) is 76.4 cm³/mol. The molecule has 16 heavy (non-hydrogen) atoms. The van der Waals surface area contributed by atoms with Crippen molar-refractivity contribution < 1.29 is 0 Å². The molecule has 0 nitrogen and oxygen atoms in total. The van der Waals surface area contributed by atoms with Crippen molar-refractivity contribution in [3.8, 4) is 0 Å². The Bertz CT molecular complexity index is 328. The molecule has 0 heterocycles. The fraction of sp³-hybridized carbons (Fsp3) is 0.600. The van der Waals surface area contributed by atoms with Gasteiger partial charge >= 0.3 is 0 Å². The molecule has 0 bridgehead atoms. The van der Waals surface area contributed by atoms with Gasteiger partial charge in [0.25, 0.3) is 0 Å². The summed E-state index contributed by atoms with van der Waals surface area (Å²) in [4.78, 5) is 0.622. The molecule has 0 saturated heterocycles. The molecular formula is C15H23Br. The summed E-state index contributed by atoms with van der Waals surface area (Å²) in [6.45, 7) is 8.94. The van der Waals surface area contributed by atoms with Gasteiger partial charge in [-0.15, -0.1) is 0 Å². The quantitative estimate of drug-likeness (QED) is 0.664. The van der Waals surface area contributed by atoms with Crippen LogP contribution in [0.2, 0.25) is 0 Å². The van der Waals surface area contributed by atoms with Crippen LogP contribution in [-0.4, -0.2) is 4.83 Å². The summed E-state index contributed by atoms with van der Waals surface area (Å²) < 4.78 is 0. The molecule has 0 fully saturated rings. The van der Waals surface area contributed by atoms with E-state index < -0.39 is 0 Å². The van der Waals surface area contributed by atoms with Gasteiger partial charge in [-0.25, -0.2) is 0 Å². The second-order valence-corrected chi connectivity index (χ2v) is 6.49. The first-order chi connectivity index (χ1) is 7.49. The number of hydrogen-bond donors (Lipinski definition) is 0. The minimum Gasteiger partial charge on any atom is -0.0887 e. The van der Waals surface area contributed by atoms with E-state index in [1.165, 1.54) is 29.5 Å². The molecule has 0 aromatic heterocycles. The molecule has 0 radical (unpaired) electrons. The van der Waals surface area contributed by atoms with E-state index in [-0.39, 0.29) is 0 Å². The lowest BCUT2D eigenvalue weighted by molar-refractivity contribution is 0.547. The number of halogens is 1. The monoisotopic (exact) mass is 282 g/mol. The van der Waals surface area contributed by atoms with Crippen molar-refractivity contribution in [2.75, 3.05) is 0 Å². The smallest absolute Gasteiger partial charge is 0.0186 e. The van der Waals surface area contributed by atoms with Crippen LogP contribution in [0.5, 0.6) is 0 Å². The molecule has 1 atom stereocenters. The molecule has 1 aromatic rings. The topological polar surface area (TPSA) is 0 Å². The van der Waals surface area contributed by atoms with E-state index in [1.54, 1.807) is 0 Å². The lowest BCUT2D eigenvalue weighted by Gasteiger charge is -2.12. The Hall–Kier alpha value is -0.300. The lowest BCUT2D eigenvalue weighted by atomic mass is 10.00. The highest BCUT2D eigenvalue weighted by atomic mass is 79.9. The maximum absolute atomic E-state index is 3.79. The summed E-state index contributed by atoms with van der Waals surface area (Å²) in [5, 5.41) is 0. The number of aryl methyl sites for hydroxylation is 2. The minimum atomic E-state index is 0.622. The van der Waals surface area contributed by atoms with Crippen molar-refractivity contribution in [3.05, 3.63) is 34.9 Å². The first kappa shape index (κ1) is 13.8. The molecule has 1 aromatic carbocycles. The third-order valence-corrected chi connectivity index (χ3v) is 3.87. The molecule has 1 rings (SSSR count). The Labute approximate surface area is 109 Å². The van der Waals surface area contributed by atoms with Crippen LogP contribution < -0.4 is 0 Å². The second-order valence-electron chi connectivity index (χ2n) is 5.19. The second kappa shape index (κ2) is 6.44. The van der Waals surface area contributed by atoms with Crippen LogP contribution in [0.3, 0.4) is 0 Å². The van der Waals surface area contributed by atoms with Crippen molar-refractivity contribution in [1.29, 1.82) is 0 Å². The van der Waals surface area contributed by atoms with Gasteiger partial charge in [-0.1, -0.05) is 48.0 Å². The Morgan fingerprint density at radius 2 is 1.75 bits per heavy atom. The van der Waals surface area contributed by atoms with Gasteiger partial charge < -0.3 is 0 Å². The fourth-order valence-electron chi connectivity index (χ4n) is 1.80. The van der Waals surface area contributed by atoms with Gasteiger partial charge in [0.2, 0.25) is 0 Å². The fourth-order valence-corrected chi connectivity index (χ4v) is 2.44. The van der Waals surface area contributed by atoms with Crippen LogP contribution in [0.25, 0.3) is 0 Å². The molecule has 0 amide bonds. The van der Waals surface area contributed by atoms with Crippen LogP contribution in [0.4, 0.5) is 0 Å². The molecule has 90 valence electrons. The lowest BCUT2D eigenvalue weighted by Crippen LogP contribution is -2.05. The molecule has 0 aliphatic heterocycles. The van der Waals surface area contributed by atoms with E-state index >= 15 is 0 Å². The largest absolute Gasteiger partial charge is 0.0887 e. The summed E-state index contributed by atoms with van der Waals surface area (Å²) in [6, 6.07) is 6.80. The normalized spacial score (nSPS) is 13.1. The molecular weight excluding hydrogens is 260 g/mol. The van der Waals surface area contributed by atoms with E-state index in [0.717, 1.165) is 12.3 Å². The van der Waals surface area contributed by atoms with Crippen LogP contribution in [0, 0.1) is 19.8 Å². The average Bonchev–Trinajstić information content (AvgIpc) is 2.21. The molecule has 0 aliphatic rings. The first-order valence-electron chi connectivity index (χ1n) is 6.19. The van der Waals surface area contributed by atoms with Crippen LogP contribution in [-0.2, 0) is 6.42 Å². The molecule has 0 spiro atoms. The van der Waals surface area contributed by atoms with Gasteiger partial charge in [0.15, 0.2) is 0 Å². The van der Waals surface area contributed by atoms with E-state index in [0.29, 0.717) is 4.83 Å².